The number of amides is 1. The van der Waals surface area contributed by atoms with Gasteiger partial charge in [0.05, 0.1) is 0 Å². The molecule has 1 aromatic rings. The third-order valence-electron chi connectivity index (χ3n) is 4.39. The van der Waals surface area contributed by atoms with Gasteiger partial charge in [0.15, 0.2) is 0 Å². The molecular weight excluding hydrogens is 388 g/mol. The van der Waals surface area contributed by atoms with Crippen molar-refractivity contribution in [3.05, 3.63) is 29.8 Å². The molecule has 0 atom stereocenters. The average molecular weight is 412 g/mol. The Balaban J connectivity index is 0.00000338. The first-order chi connectivity index (χ1) is 11.8. The van der Waals surface area contributed by atoms with E-state index >= 15 is 0 Å². The van der Waals surface area contributed by atoms with Gasteiger partial charge in [-0.15, -0.1) is 12.4 Å². The SMILES string of the molecule is CNCCN(C)C(=O)C1CCN(S(=O)(=O)c2cc(F)ccc2F)CC1.Cl. The molecule has 10 heteroatoms. The zero-order valence-electron chi connectivity index (χ0n) is 14.7. The van der Waals surface area contributed by atoms with Crippen LogP contribution in [0.3, 0.4) is 0 Å². The molecule has 0 saturated carbocycles. The van der Waals surface area contributed by atoms with Gasteiger partial charge in [0.1, 0.15) is 16.5 Å². The first-order valence-electron chi connectivity index (χ1n) is 8.12. The molecule has 1 amide bonds. The monoisotopic (exact) mass is 411 g/mol. The van der Waals surface area contributed by atoms with Crippen LogP contribution in [0.4, 0.5) is 8.78 Å². The van der Waals surface area contributed by atoms with Crippen molar-refractivity contribution in [2.75, 3.05) is 40.3 Å². The number of rotatable bonds is 6. The van der Waals surface area contributed by atoms with Crippen LogP contribution in [0, 0.1) is 17.6 Å². The number of benzene rings is 1. The first kappa shape index (κ1) is 22.8. The van der Waals surface area contributed by atoms with Gasteiger partial charge in [-0.2, -0.15) is 4.31 Å². The van der Waals surface area contributed by atoms with E-state index in [-0.39, 0.29) is 37.3 Å². The van der Waals surface area contributed by atoms with E-state index in [1.165, 1.54) is 0 Å². The van der Waals surface area contributed by atoms with Crippen LogP contribution in [0.25, 0.3) is 0 Å². The molecule has 1 saturated heterocycles. The maximum absolute atomic E-state index is 13.8. The Morgan fingerprint density at radius 3 is 2.50 bits per heavy atom. The maximum Gasteiger partial charge on any atom is 0.246 e. The smallest absolute Gasteiger partial charge is 0.246 e. The molecular formula is C16H24ClF2N3O3S. The minimum absolute atomic E-state index is 0. The summed E-state index contributed by atoms with van der Waals surface area (Å²) >= 11 is 0. The fraction of sp³-hybridized carbons (Fsp3) is 0.562. The first-order valence-corrected chi connectivity index (χ1v) is 9.56. The van der Waals surface area contributed by atoms with Crippen LogP contribution >= 0.6 is 12.4 Å². The van der Waals surface area contributed by atoms with Crippen molar-refractivity contribution in [3.8, 4) is 0 Å². The molecule has 26 heavy (non-hydrogen) atoms. The quantitative estimate of drug-likeness (QED) is 0.769. The van der Waals surface area contributed by atoms with Gasteiger partial charge in [-0.3, -0.25) is 4.79 Å². The Morgan fingerprint density at radius 2 is 1.92 bits per heavy atom. The molecule has 1 N–H and O–H groups in total. The van der Waals surface area contributed by atoms with E-state index in [2.05, 4.69) is 5.32 Å². The molecule has 1 aliphatic rings. The van der Waals surface area contributed by atoms with Gasteiger partial charge in [-0.05, 0) is 38.1 Å². The Labute approximate surface area is 159 Å². The normalized spacial score (nSPS) is 16.2. The number of nitrogens with one attached hydrogen (secondary N) is 1. The highest BCUT2D eigenvalue weighted by Gasteiger charge is 2.34. The van der Waals surface area contributed by atoms with Gasteiger partial charge in [-0.25, -0.2) is 17.2 Å². The van der Waals surface area contributed by atoms with E-state index < -0.39 is 26.6 Å². The summed E-state index contributed by atoms with van der Waals surface area (Å²) < 4.78 is 53.3. The molecule has 0 unspecified atom stereocenters. The number of piperidine rings is 1. The second kappa shape index (κ2) is 9.59. The number of carbonyl (C=O) groups excluding carboxylic acids is 1. The second-order valence-electron chi connectivity index (χ2n) is 6.12. The fourth-order valence-electron chi connectivity index (χ4n) is 2.86. The zero-order valence-corrected chi connectivity index (χ0v) is 16.4. The van der Waals surface area contributed by atoms with E-state index in [9.17, 15) is 22.0 Å². The largest absolute Gasteiger partial charge is 0.344 e. The summed E-state index contributed by atoms with van der Waals surface area (Å²) in [4.78, 5) is 13.3. The summed E-state index contributed by atoms with van der Waals surface area (Å²) in [5, 5.41) is 2.96. The molecule has 0 aromatic heterocycles. The Hall–Kier alpha value is -1.29. The van der Waals surface area contributed by atoms with Crippen LogP contribution in [0.15, 0.2) is 23.1 Å². The Morgan fingerprint density at radius 1 is 1.31 bits per heavy atom. The van der Waals surface area contributed by atoms with Crippen LogP contribution in [-0.2, 0) is 14.8 Å². The summed E-state index contributed by atoms with van der Waals surface area (Å²) in [6.07, 6.45) is 0.720. The van der Waals surface area contributed by atoms with E-state index in [4.69, 9.17) is 0 Å². The highest BCUT2D eigenvalue weighted by Crippen LogP contribution is 2.26. The van der Waals surface area contributed by atoms with Crippen molar-refractivity contribution < 1.29 is 22.0 Å². The van der Waals surface area contributed by atoms with Gasteiger partial charge in [0, 0.05) is 39.1 Å². The maximum atomic E-state index is 13.8. The molecule has 2 rings (SSSR count). The molecule has 0 aliphatic carbocycles. The van der Waals surface area contributed by atoms with E-state index in [0.29, 0.717) is 32.0 Å². The van der Waals surface area contributed by atoms with Gasteiger partial charge < -0.3 is 10.2 Å². The molecule has 6 nitrogen and oxygen atoms in total. The number of nitrogens with zero attached hydrogens (tertiary/aromatic N) is 2. The van der Waals surface area contributed by atoms with Crippen molar-refractivity contribution in [3.63, 3.8) is 0 Å². The molecule has 1 heterocycles. The van der Waals surface area contributed by atoms with Crippen LogP contribution in [0.5, 0.6) is 0 Å². The highest BCUT2D eigenvalue weighted by atomic mass is 35.5. The van der Waals surface area contributed by atoms with Crippen molar-refractivity contribution >= 4 is 28.3 Å². The molecule has 0 spiro atoms. The third kappa shape index (κ3) is 5.12. The number of halogens is 3. The van der Waals surface area contributed by atoms with Crippen LogP contribution in [0.1, 0.15) is 12.8 Å². The fourth-order valence-corrected chi connectivity index (χ4v) is 4.40. The van der Waals surface area contributed by atoms with Gasteiger partial charge in [-0.1, -0.05) is 0 Å². The summed E-state index contributed by atoms with van der Waals surface area (Å²) in [6, 6.07) is 2.36. The summed E-state index contributed by atoms with van der Waals surface area (Å²) in [5.74, 6) is -2.07. The summed E-state index contributed by atoms with van der Waals surface area (Å²) in [5.41, 5.74) is 0. The lowest BCUT2D eigenvalue weighted by Gasteiger charge is -2.32. The number of hydrogen-bond donors (Lipinski definition) is 1. The molecule has 1 aliphatic heterocycles. The number of likely N-dealkylation sites (N-methyl/N-ethyl adjacent to an activating group) is 2. The standard InChI is InChI=1S/C16H23F2N3O3S.ClH/c1-19-7-10-20(2)16(22)12-5-8-21(9-6-12)25(23,24)15-11-13(17)3-4-14(15)18;/h3-4,11-12,19H,5-10H2,1-2H3;1H. The van der Waals surface area contributed by atoms with E-state index in [1.54, 1.807) is 19.0 Å². The summed E-state index contributed by atoms with van der Waals surface area (Å²) in [7, 11) is -0.603. The molecule has 148 valence electrons. The molecule has 0 radical (unpaired) electrons. The second-order valence-corrected chi connectivity index (χ2v) is 8.02. The minimum Gasteiger partial charge on any atom is -0.344 e. The number of carbonyl (C=O) groups is 1. The Kier molecular flexibility index (Phi) is 8.39. The number of sulfonamides is 1. The lowest BCUT2D eigenvalue weighted by Crippen LogP contribution is -2.44. The van der Waals surface area contributed by atoms with Crippen LogP contribution < -0.4 is 5.32 Å². The van der Waals surface area contributed by atoms with E-state index in [0.717, 1.165) is 16.4 Å². The van der Waals surface area contributed by atoms with Crippen LogP contribution in [-0.4, -0.2) is 63.8 Å². The average Bonchev–Trinajstić information content (AvgIpc) is 2.61. The predicted molar refractivity (Wildman–Crippen MR) is 96.7 cm³/mol. The van der Waals surface area contributed by atoms with Crippen molar-refractivity contribution in [2.24, 2.45) is 5.92 Å². The molecule has 1 aromatic carbocycles. The van der Waals surface area contributed by atoms with Gasteiger partial charge in [0.2, 0.25) is 15.9 Å². The van der Waals surface area contributed by atoms with Gasteiger partial charge in [0.25, 0.3) is 0 Å². The van der Waals surface area contributed by atoms with Crippen LogP contribution in [0.2, 0.25) is 0 Å². The summed E-state index contributed by atoms with van der Waals surface area (Å²) in [6.45, 7) is 1.46. The zero-order chi connectivity index (χ0) is 18.6. The van der Waals surface area contributed by atoms with Crippen molar-refractivity contribution in [1.29, 1.82) is 0 Å². The predicted octanol–water partition coefficient (Wildman–Crippen LogP) is 1.47. The molecule has 0 bridgehead atoms. The Bertz CT molecular complexity index is 725. The number of hydrogen-bond acceptors (Lipinski definition) is 4. The van der Waals surface area contributed by atoms with Crippen molar-refractivity contribution in [1.82, 2.24) is 14.5 Å². The van der Waals surface area contributed by atoms with Gasteiger partial charge >= 0.3 is 0 Å². The topological polar surface area (TPSA) is 69.7 Å². The molecule has 1 fully saturated rings. The third-order valence-corrected chi connectivity index (χ3v) is 6.30. The van der Waals surface area contributed by atoms with Crippen molar-refractivity contribution in [2.45, 2.75) is 17.7 Å². The van der Waals surface area contributed by atoms with E-state index in [1.807, 2.05) is 0 Å². The lowest BCUT2D eigenvalue weighted by atomic mass is 9.97. The lowest BCUT2D eigenvalue weighted by molar-refractivity contribution is -0.135. The highest BCUT2D eigenvalue weighted by molar-refractivity contribution is 7.89. The minimum atomic E-state index is -4.12.